The number of pyridine rings is 1. The zero-order chi connectivity index (χ0) is 28.5. The molecule has 0 spiro atoms. The Morgan fingerprint density at radius 3 is 2.68 bits per heavy atom. The molecule has 3 aromatic rings. The molecule has 1 aromatic heterocycles. The van der Waals surface area contributed by atoms with Crippen molar-refractivity contribution in [2.75, 3.05) is 62.7 Å². The van der Waals surface area contributed by atoms with Crippen LogP contribution in [0.2, 0.25) is 0 Å². The molecule has 9 nitrogen and oxygen atoms in total. The van der Waals surface area contributed by atoms with Crippen molar-refractivity contribution < 1.29 is 14.6 Å². The maximum absolute atomic E-state index is 12.2. The van der Waals surface area contributed by atoms with Gasteiger partial charge in [0.05, 0.1) is 0 Å². The van der Waals surface area contributed by atoms with Gasteiger partial charge in [0.2, 0.25) is 11.8 Å². The highest BCUT2D eigenvalue weighted by atomic mass is 16.5. The molecule has 0 aliphatic carbocycles. The van der Waals surface area contributed by atoms with Gasteiger partial charge in [-0.05, 0) is 50.4 Å². The van der Waals surface area contributed by atoms with Gasteiger partial charge in [0.1, 0.15) is 29.8 Å². The predicted octanol–water partition coefficient (Wildman–Crippen LogP) is 3.68. The predicted molar refractivity (Wildman–Crippen MR) is 159 cm³/mol. The molecular formula is C32H36N6O3. The van der Waals surface area contributed by atoms with Gasteiger partial charge in [-0.1, -0.05) is 30.8 Å². The van der Waals surface area contributed by atoms with E-state index in [9.17, 15) is 15.2 Å². The van der Waals surface area contributed by atoms with E-state index in [0.29, 0.717) is 63.2 Å². The van der Waals surface area contributed by atoms with Gasteiger partial charge >= 0.3 is 0 Å². The van der Waals surface area contributed by atoms with E-state index < -0.39 is 0 Å². The minimum Gasteiger partial charge on any atom is -0.508 e. The smallest absolute Gasteiger partial charge is 0.246 e. The van der Waals surface area contributed by atoms with Crippen molar-refractivity contribution in [3.05, 3.63) is 65.7 Å². The van der Waals surface area contributed by atoms with Crippen LogP contribution >= 0.6 is 0 Å². The lowest BCUT2D eigenvalue weighted by molar-refractivity contribution is -0.126. The monoisotopic (exact) mass is 552 g/mol. The van der Waals surface area contributed by atoms with Gasteiger partial charge in [-0.25, -0.2) is 0 Å². The highest BCUT2D eigenvalue weighted by Gasteiger charge is 2.32. The summed E-state index contributed by atoms with van der Waals surface area (Å²) in [6, 6.07) is 14.4. The average Bonchev–Trinajstić information content (AvgIpc) is 3.42. The van der Waals surface area contributed by atoms with Crippen LogP contribution in [-0.2, 0) is 17.8 Å². The summed E-state index contributed by atoms with van der Waals surface area (Å²) in [5.74, 6) is 1.39. The zero-order valence-corrected chi connectivity index (χ0v) is 23.6. The molecule has 1 amide bonds. The quantitative estimate of drug-likeness (QED) is 0.463. The van der Waals surface area contributed by atoms with Crippen LogP contribution in [0.5, 0.6) is 11.6 Å². The van der Waals surface area contributed by atoms with Crippen LogP contribution in [0.4, 0.5) is 11.5 Å². The number of aromatic nitrogens is 1. The van der Waals surface area contributed by atoms with Crippen molar-refractivity contribution >= 4 is 28.2 Å². The van der Waals surface area contributed by atoms with E-state index in [2.05, 4.69) is 40.5 Å². The Morgan fingerprint density at radius 1 is 1.15 bits per heavy atom. The fraction of sp³-hybridized carbons (Fsp3) is 0.406. The van der Waals surface area contributed by atoms with Crippen molar-refractivity contribution in [1.82, 2.24) is 14.8 Å². The van der Waals surface area contributed by atoms with Crippen molar-refractivity contribution in [1.29, 1.82) is 5.26 Å². The lowest BCUT2D eigenvalue weighted by Crippen LogP contribution is -2.49. The second kappa shape index (κ2) is 11.3. The molecule has 6 rings (SSSR count). The molecule has 41 heavy (non-hydrogen) atoms. The molecule has 1 atom stereocenters. The Labute approximate surface area is 240 Å². The van der Waals surface area contributed by atoms with E-state index in [-0.39, 0.29) is 11.7 Å². The van der Waals surface area contributed by atoms with Crippen molar-refractivity contribution in [2.24, 2.45) is 0 Å². The first kappa shape index (κ1) is 26.9. The Morgan fingerprint density at radius 2 is 1.95 bits per heavy atom. The van der Waals surface area contributed by atoms with Crippen LogP contribution in [0.3, 0.4) is 0 Å². The SMILES string of the molecule is C=CC(=O)N1CCN(c2nc(OC[C@@H]3CCCN3C)c(C#N)c3c2CCN(c2cc(O)cc4ccccc24)C3)CC1. The molecular weight excluding hydrogens is 516 g/mol. The van der Waals surface area contributed by atoms with Crippen molar-refractivity contribution in [2.45, 2.75) is 31.8 Å². The molecule has 0 unspecified atom stereocenters. The maximum atomic E-state index is 12.2. The number of amides is 1. The lowest BCUT2D eigenvalue weighted by atomic mass is 9.94. The Kier molecular flexibility index (Phi) is 7.41. The summed E-state index contributed by atoms with van der Waals surface area (Å²) >= 11 is 0. The van der Waals surface area contributed by atoms with Crippen LogP contribution in [0.1, 0.15) is 29.5 Å². The highest BCUT2D eigenvalue weighted by molar-refractivity contribution is 5.96. The van der Waals surface area contributed by atoms with E-state index in [0.717, 1.165) is 59.3 Å². The molecule has 2 fully saturated rings. The number of nitriles is 1. The summed E-state index contributed by atoms with van der Waals surface area (Å²) in [4.78, 5) is 25.8. The zero-order valence-electron chi connectivity index (χ0n) is 23.6. The van der Waals surface area contributed by atoms with Crippen molar-refractivity contribution in [3.63, 3.8) is 0 Å². The number of carbonyl (C=O) groups is 1. The summed E-state index contributed by atoms with van der Waals surface area (Å²) in [6.45, 7) is 8.87. The van der Waals surface area contributed by atoms with Crippen LogP contribution in [0, 0.1) is 11.3 Å². The molecule has 0 saturated carbocycles. The molecule has 0 bridgehead atoms. The van der Waals surface area contributed by atoms with E-state index >= 15 is 0 Å². The number of anilines is 2. The van der Waals surface area contributed by atoms with Crippen LogP contribution in [0.25, 0.3) is 10.8 Å². The first-order valence-electron chi connectivity index (χ1n) is 14.4. The minimum atomic E-state index is -0.0573. The molecule has 9 heteroatoms. The third-order valence-corrected chi connectivity index (χ3v) is 8.76. The van der Waals surface area contributed by atoms with Crippen molar-refractivity contribution in [3.8, 4) is 17.7 Å². The number of hydrogen-bond donors (Lipinski definition) is 1. The summed E-state index contributed by atoms with van der Waals surface area (Å²) in [5.41, 5.74) is 3.42. The highest BCUT2D eigenvalue weighted by Crippen LogP contribution is 2.39. The first-order valence-corrected chi connectivity index (χ1v) is 14.4. The number of rotatable bonds is 6. The number of likely N-dealkylation sites (tertiary alicyclic amines) is 1. The molecule has 2 saturated heterocycles. The van der Waals surface area contributed by atoms with Gasteiger partial charge in [-0.2, -0.15) is 10.2 Å². The second-order valence-electron chi connectivity index (χ2n) is 11.1. The molecule has 4 heterocycles. The van der Waals surface area contributed by atoms with Gasteiger partial charge in [0.15, 0.2) is 0 Å². The number of benzene rings is 2. The average molecular weight is 553 g/mol. The number of ether oxygens (including phenoxy) is 1. The van der Waals surface area contributed by atoms with E-state index in [1.54, 1.807) is 6.07 Å². The molecule has 1 N–H and O–H groups in total. The van der Waals surface area contributed by atoms with Gasteiger partial charge in [-0.3, -0.25) is 4.79 Å². The number of phenolic OH excluding ortho intramolecular Hbond substituents is 1. The number of carbonyl (C=O) groups excluding carboxylic acids is 1. The van der Waals surface area contributed by atoms with Gasteiger partial charge in [0, 0.05) is 73.6 Å². The van der Waals surface area contributed by atoms with Gasteiger partial charge in [-0.15, -0.1) is 0 Å². The molecule has 0 radical (unpaired) electrons. The normalized spacial score (nSPS) is 19.2. The third kappa shape index (κ3) is 5.16. The van der Waals surface area contributed by atoms with Gasteiger partial charge in [0.25, 0.3) is 0 Å². The number of aromatic hydroxyl groups is 1. The number of phenols is 1. The van der Waals surface area contributed by atoms with E-state index in [1.165, 1.54) is 6.08 Å². The number of nitrogens with zero attached hydrogens (tertiary/aromatic N) is 6. The fourth-order valence-electron chi connectivity index (χ4n) is 6.44. The Balaban J connectivity index is 1.38. The number of hydrogen-bond acceptors (Lipinski definition) is 8. The Bertz CT molecular complexity index is 1520. The number of fused-ring (bicyclic) bond motifs is 2. The molecule has 3 aliphatic heterocycles. The number of piperazine rings is 1. The minimum absolute atomic E-state index is 0.0573. The Hall–Kier alpha value is -4.29. The first-order chi connectivity index (χ1) is 20.0. The molecule has 2 aromatic carbocycles. The van der Waals surface area contributed by atoms with Crippen LogP contribution in [0.15, 0.2) is 49.1 Å². The summed E-state index contributed by atoms with van der Waals surface area (Å²) in [7, 11) is 2.11. The fourth-order valence-corrected chi connectivity index (χ4v) is 6.44. The largest absolute Gasteiger partial charge is 0.508 e. The maximum Gasteiger partial charge on any atom is 0.246 e. The van der Waals surface area contributed by atoms with Crippen LogP contribution < -0.4 is 14.5 Å². The van der Waals surface area contributed by atoms with Crippen LogP contribution in [-0.4, -0.2) is 84.8 Å². The summed E-state index contributed by atoms with van der Waals surface area (Å²) in [6.07, 6.45) is 4.27. The lowest BCUT2D eigenvalue weighted by Gasteiger charge is -2.39. The molecule has 3 aliphatic rings. The summed E-state index contributed by atoms with van der Waals surface area (Å²) in [5, 5.41) is 23.0. The second-order valence-corrected chi connectivity index (χ2v) is 11.1. The molecule has 212 valence electrons. The van der Waals surface area contributed by atoms with E-state index in [4.69, 9.17) is 9.72 Å². The van der Waals surface area contributed by atoms with E-state index in [1.807, 2.05) is 29.2 Å². The topological polar surface area (TPSA) is 96.2 Å². The summed E-state index contributed by atoms with van der Waals surface area (Å²) < 4.78 is 6.35. The standard InChI is InChI=1S/C32H36N6O3/c1-3-30(40)36-13-15-37(16-14-36)31-26-10-12-38(29-18-24(39)17-22-7-4-5-9-25(22)29)20-28(26)27(19-33)32(34-31)41-21-23-8-6-11-35(23)2/h3-5,7,9,17-18,23,39H,1,6,8,10-16,20-21H2,2H3/t23-/m0/s1. The van der Waals surface area contributed by atoms with Gasteiger partial charge < -0.3 is 29.4 Å². The third-order valence-electron chi connectivity index (χ3n) is 8.76. The number of likely N-dealkylation sites (N-methyl/N-ethyl adjacent to an activating group) is 1.